The summed E-state index contributed by atoms with van der Waals surface area (Å²) >= 11 is 5.90. The van der Waals surface area contributed by atoms with Crippen LogP contribution in [0.5, 0.6) is 0 Å². The summed E-state index contributed by atoms with van der Waals surface area (Å²) in [5.41, 5.74) is 1.03. The van der Waals surface area contributed by atoms with Crippen LogP contribution in [0.4, 0.5) is 5.69 Å². The zero-order valence-corrected chi connectivity index (χ0v) is 12.9. The molecule has 2 N–H and O–H groups in total. The molecule has 0 bridgehead atoms. The molecule has 0 aliphatic carbocycles. The molecule has 0 aromatic heterocycles. The van der Waals surface area contributed by atoms with E-state index in [4.69, 9.17) is 11.6 Å². The number of carboxylic acids is 1. The van der Waals surface area contributed by atoms with Gasteiger partial charge in [-0.2, -0.15) is 0 Å². The molecular formula is C15H12ClNO4S. The topological polar surface area (TPSA) is 83.5 Å². The first-order valence-electron chi connectivity index (χ1n) is 6.46. The van der Waals surface area contributed by atoms with Crippen molar-refractivity contribution in [3.8, 4) is 0 Å². The summed E-state index contributed by atoms with van der Waals surface area (Å²) in [5, 5.41) is 12.7. The normalized spacial score (nSPS) is 20.2. The van der Waals surface area contributed by atoms with Gasteiger partial charge in [-0.1, -0.05) is 29.8 Å². The third-order valence-electron chi connectivity index (χ3n) is 3.70. The SMILES string of the molecule is O=C(O)C1(S(=O)(=O)c2ccccc2)Cc2cc(Cl)ccc2N1. The van der Waals surface area contributed by atoms with E-state index >= 15 is 0 Å². The molecule has 3 rings (SSSR count). The molecule has 0 fully saturated rings. The quantitative estimate of drug-likeness (QED) is 0.899. The molecule has 2 aromatic rings. The highest BCUT2D eigenvalue weighted by molar-refractivity contribution is 7.93. The highest BCUT2D eigenvalue weighted by Gasteiger charge is 2.55. The van der Waals surface area contributed by atoms with Crippen LogP contribution in [0.15, 0.2) is 53.4 Å². The Bertz CT molecular complexity index is 851. The number of hydrogen-bond donors (Lipinski definition) is 2. The van der Waals surface area contributed by atoms with Gasteiger partial charge in [-0.3, -0.25) is 0 Å². The molecule has 1 aliphatic heterocycles. The van der Waals surface area contributed by atoms with Crippen molar-refractivity contribution in [2.24, 2.45) is 0 Å². The van der Waals surface area contributed by atoms with E-state index in [2.05, 4.69) is 5.32 Å². The first-order chi connectivity index (χ1) is 10.4. The Hall–Kier alpha value is -2.05. The van der Waals surface area contributed by atoms with Gasteiger partial charge in [0.2, 0.25) is 14.7 Å². The predicted octanol–water partition coefficient (Wildman–Crippen LogP) is 2.56. The molecule has 7 heteroatoms. The zero-order valence-electron chi connectivity index (χ0n) is 11.3. The highest BCUT2D eigenvalue weighted by Crippen LogP contribution is 2.40. The number of aliphatic carboxylic acids is 1. The van der Waals surface area contributed by atoms with Gasteiger partial charge in [0.25, 0.3) is 0 Å². The van der Waals surface area contributed by atoms with Gasteiger partial charge >= 0.3 is 5.97 Å². The fourth-order valence-corrected chi connectivity index (χ4v) is 4.50. The monoisotopic (exact) mass is 337 g/mol. The van der Waals surface area contributed by atoms with E-state index in [1.807, 2.05) is 0 Å². The molecule has 2 aromatic carbocycles. The molecule has 5 nitrogen and oxygen atoms in total. The Morgan fingerprint density at radius 1 is 1.18 bits per heavy atom. The smallest absolute Gasteiger partial charge is 0.346 e. The molecule has 1 heterocycles. The van der Waals surface area contributed by atoms with Gasteiger partial charge in [-0.15, -0.1) is 0 Å². The molecule has 0 spiro atoms. The van der Waals surface area contributed by atoms with Crippen molar-refractivity contribution < 1.29 is 18.3 Å². The van der Waals surface area contributed by atoms with Crippen LogP contribution in [-0.2, 0) is 21.1 Å². The minimum atomic E-state index is -4.13. The second-order valence-corrected chi connectivity index (χ2v) is 7.66. The minimum Gasteiger partial charge on any atom is -0.479 e. The number of carboxylic acid groups (broad SMARTS) is 1. The largest absolute Gasteiger partial charge is 0.479 e. The molecule has 0 saturated carbocycles. The maximum atomic E-state index is 12.9. The summed E-state index contributed by atoms with van der Waals surface area (Å²) in [5.74, 6) is -1.44. The second-order valence-electron chi connectivity index (χ2n) is 5.05. The van der Waals surface area contributed by atoms with Gasteiger partial charge in [-0.05, 0) is 35.9 Å². The van der Waals surface area contributed by atoms with Crippen LogP contribution in [0.2, 0.25) is 5.02 Å². The van der Waals surface area contributed by atoms with Crippen molar-refractivity contribution in [2.45, 2.75) is 16.2 Å². The standard InChI is InChI=1S/C15H12ClNO4S/c16-11-6-7-13-10(8-11)9-15(17-13,14(18)19)22(20,21)12-4-2-1-3-5-12/h1-8,17H,9H2,(H,18,19). The fraction of sp³-hybridized carbons (Fsp3) is 0.133. The highest BCUT2D eigenvalue weighted by atomic mass is 35.5. The molecule has 0 saturated heterocycles. The fourth-order valence-electron chi connectivity index (χ4n) is 2.57. The van der Waals surface area contributed by atoms with E-state index in [0.29, 0.717) is 16.3 Å². The number of hydrogen-bond acceptors (Lipinski definition) is 4. The first kappa shape index (κ1) is 14.9. The van der Waals surface area contributed by atoms with Crippen molar-refractivity contribution >= 4 is 33.1 Å². The zero-order chi connectivity index (χ0) is 16.0. The Morgan fingerprint density at radius 2 is 1.86 bits per heavy atom. The van der Waals surface area contributed by atoms with Crippen LogP contribution in [0.1, 0.15) is 5.56 Å². The van der Waals surface area contributed by atoms with E-state index in [1.54, 1.807) is 36.4 Å². The number of halogens is 1. The van der Waals surface area contributed by atoms with Gasteiger partial charge in [0.15, 0.2) is 0 Å². The molecule has 1 atom stereocenters. The van der Waals surface area contributed by atoms with Gasteiger partial charge in [0.1, 0.15) is 0 Å². The van der Waals surface area contributed by atoms with Crippen LogP contribution < -0.4 is 5.32 Å². The Kier molecular flexibility index (Phi) is 3.38. The van der Waals surface area contributed by atoms with E-state index in [-0.39, 0.29) is 11.3 Å². The van der Waals surface area contributed by atoms with Gasteiger partial charge in [-0.25, -0.2) is 13.2 Å². The number of nitrogens with one attached hydrogen (secondary N) is 1. The molecule has 114 valence electrons. The van der Waals surface area contributed by atoms with E-state index in [1.165, 1.54) is 12.1 Å². The van der Waals surface area contributed by atoms with Crippen LogP contribution in [0, 0.1) is 0 Å². The lowest BCUT2D eigenvalue weighted by Crippen LogP contribution is -2.52. The third-order valence-corrected chi connectivity index (χ3v) is 6.17. The number of carbonyl (C=O) groups is 1. The lowest BCUT2D eigenvalue weighted by Gasteiger charge is -2.25. The number of sulfone groups is 1. The van der Waals surface area contributed by atoms with Crippen molar-refractivity contribution in [3.63, 3.8) is 0 Å². The van der Waals surface area contributed by atoms with E-state index in [9.17, 15) is 18.3 Å². The van der Waals surface area contributed by atoms with Gasteiger partial charge in [0, 0.05) is 17.1 Å². The van der Waals surface area contributed by atoms with Crippen LogP contribution in [-0.4, -0.2) is 24.4 Å². The summed E-state index contributed by atoms with van der Waals surface area (Å²) in [7, 11) is -4.13. The summed E-state index contributed by atoms with van der Waals surface area (Å²) in [6.45, 7) is 0. The van der Waals surface area contributed by atoms with Crippen molar-refractivity contribution in [1.29, 1.82) is 0 Å². The third kappa shape index (κ3) is 2.07. The number of rotatable bonds is 3. The van der Waals surface area contributed by atoms with Crippen LogP contribution >= 0.6 is 11.6 Å². The molecule has 0 amide bonds. The molecule has 1 unspecified atom stereocenters. The lowest BCUT2D eigenvalue weighted by atomic mass is 10.1. The Balaban J connectivity index is 2.16. The summed E-state index contributed by atoms with van der Waals surface area (Å²) in [6.07, 6.45) is -0.185. The molecular weight excluding hydrogens is 326 g/mol. The maximum absolute atomic E-state index is 12.9. The lowest BCUT2D eigenvalue weighted by molar-refractivity contribution is -0.139. The summed E-state index contributed by atoms with van der Waals surface area (Å²) < 4.78 is 25.8. The summed E-state index contributed by atoms with van der Waals surface area (Å²) in [6, 6.07) is 12.3. The Morgan fingerprint density at radius 3 is 2.50 bits per heavy atom. The van der Waals surface area contributed by atoms with Crippen molar-refractivity contribution in [3.05, 3.63) is 59.1 Å². The second kappa shape index (κ2) is 5.00. The van der Waals surface area contributed by atoms with Gasteiger partial charge < -0.3 is 10.4 Å². The number of benzene rings is 2. The summed E-state index contributed by atoms with van der Waals surface area (Å²) in [4.78, 5) is 9.66. The number of fused-ring (bicyclic) bond motifs is 1. The predicted molar refractivity (Wildman–Crippen MR) is 82.8 cm³/mol. The van der Waals surface area contributed by atoms with Crippen molar-refractivity contribution in [2.75, 3.05) is 5.32 Å². The maximum Gasteiger partial charge on any atom is 0.346 e. The van der Waals surface area contributed by atoms with E-state index < -0.39 is 20.7 Å². The molecule has 22 heavy (non-hydrogen) atoms. The molecule has 1 aliphatic rings. The average molecular weight is 338 g/mol. The first-order valence-corrected chi connectivity index (χ1v) is 8.33. The van der Waals surface area contributed by atoms with E-state index in [0.717, 1.165) is 0 Å². The van der Waals surface area contributed by atoms with Crippen molar-refractivity contribution in [1.82, 2.24) is 0 Å². The average Bonchev–Trinajstić information content (AvgIpc) is 2.88. The van der Waals surface area contributed by atoms with Crippen LogP contribution in [0.3, 0.4) is 0 Å². The number of anilines is 1. The Labute approximate surface area is 132 Å². The van der Waals surface area contributed by atoms with Gasteiger partial charge in [0.05, 0.1) is 4.90 Å². The van der Waals surface area contributed by atoms with Crippen LogP contribution in [0.25, 0.3) is 0 Å². The molecule has 0 radical (unpaired) electrons. The minimum absolute atomic E-state index is 0.0381.